The summed E-state index contributed by atoms with van der Waals surface area (Å²) in [6.45, 7) is 4.15. The van der Waals surface area contributed by atoms with Gasteiger partial charge in [0.15, 0.2) is 5.78 Å². The van der Waals surface area contributed by atoms with E-state index in [1.165, 1.54) is 0 Å². The van der Waals surface area contributed by atoms with Gasteiger partial charge in [0, 0.05) is 23.2 Å². The van der Waals surface area contributed by atoms with Gasteiger partial charge in [-0.1, -0.05) is 20.3 Å². The van der Waals surface area contributed by atoms with Crippen LogP contribution in [0.1, 0.15) is 67.1 Å². The summed E-state index contributed by atoms with van der Waals surface area (Å²) in [5.74, 6) is 0.399. The highest BCUT2D eigenvalue weighted by Crippen LogP contribution is 2.23. The van der Waals surface area contributed by atoms with E-state index in [1.54, 1.807) is 0 Å². The van der Waals surface area contributed by atoms with Crippen LogP contribution in [0.3, 0.4) is 0 Å². The molecule has 0 fully saturated rings. The van der Waals surface area contributed by atoms with Gasteiger partial charge < -0.3 is 4.98 Å². The topological polar surface area (TPSA) is 49.9 Å². The second-order valence-electron chi connectivity index (χ2n) is 4.91. The second-order valence-corrected chi connectivity index (χ2v) is 4.91. The number of aryl methyl sites for hydroxylation is 1. The SMILES string of the molecule is CCCC(C)c1cc2c([nH]c1=O)CCCC2=O. The molecular formula is C14H19NO2. The minimum atomic E-state index is -0.0144. The van der Waals surface area contributed by atoms with E-state index in [-0.39, 0.29) is 17.3 Å². The molecular weight excluding hydrogens is 214 g/mol. The molecule has 1 N–H and O–H groups in total. The number of H-pyrrole nitrogens is 1. The second kappa shape index (κ2) is 4.86. The monoisotopic (exact) mass is 233 g/mol. The minimum absolute atomic E-state index is 0.0144. The third-order valence-electron chi connectivity index (χ3n) is 3.54. The Hall–Kier alpha value is -1.38. The molecule has 0 aliphatic heterocycles. The van der Waals surface area contributed by atoms with Crippen LogP contribution in [0.5, 0.6) is 0 Å². The third kappa shape index (κ3) is 2.33. The highest BCUT2D eigenvalue weighted by molar-refractivity contribution is 5.98. The van der Waals surface area contributed by atoms with Crippen molar-refractivity contribution in [3.63, 3.8) is 0 Å². The van der Waals surface area contributed by atoms with E-state index in [1.807, 2.05) is 13.0 Å². The Bertz CT molecular complexity index is 487. The molecule has 1 aromatic heterocycles. The smallest absolute Gasteiger partial charge is 0.251 e. The van der Waals surface area contributed by atoms with E-state index >= 15 is 0 Å². The molecule has 92 valence electrons. The molecule has 3 nitrogen and oxygen atoms in total. The fraction of sp³-hybridized carbons (Fsp3) is 0.571. The Morgan fingerprint density at radius 3 is 2.82 bits per heavy atom. The number of hydrogen-bond donors (Lipinski definition) is 1. The van der Waals surface area contributed by atoms with Crippen molar-refractivity contribution in [1.82, 2.24) is 4.98 Å². The lowest BCUT2D eigenvalue weighted by Crippen LogP contribution is -2.23. The molecule has 1 heterocycles. The van der Waals surface area contributed by atoms with Crippen LogP contribution in [0.4, 0.5) is 0 Å². The largest absolute Gasteiger partial charge is 0.325 e. The molecule has 0 saturated carbocycles. The molecule has 1 aromatic rings. The molecule has 0 saturated heterocycles. The molecule has 1 aliphatic carbocycles. The van der Waals surface area contributed by atoms with Crippen LogP contribution in [0, 0.1) is 0 Å². The first-order valence-corrected chi connectivity index (χ1v) is 6.42. The third-order valence-corrected chi connectivity index (χ3v) is 3.54. The molecule has 1 atom stereocenters. The number of fused-ring (bicyclic) bond motifs is 1. The number of Topliss-reactive ketones (excluding diaryl/α,β-unsaturated/α-hetero) is 1. The van der Waals surface area contributed by atoms with Gasteiger partial charge >= 0.3 is 0 Å². The molecule has 0 aromatic carbocycles. The highest BCUT2D eigenvalue weighted by atomic mass is 16.1. The summed E-state index contributed by atoms with van der Waals surface area (Å²) in [6, 6.07) is 1.83. The van der Waals surface area contributed by atoms with E-state index < -0.39 is 0 Å². The van der Waals surface area contributed by atoms with E-state index in [4.69, 9.17) is 0 Å². The molecule has 1 unspecified atom stereocenters. The lowest BCUT2D eigenvalue weighted by Gasteiger charge is -2.17. The van der Waals surface area contributed by atoms with Crippen molar-refractivity contribution in [2.24, 2.45) is 0 Å². The Morgan fingerprint density at radius 2 is 2.12 bits per heavy atom. The molecule has 0 bridgehead atoms. The standard InChI is InChI=1S/C14H19NO2/c1-3-5-9(2)10-8-11-12(15-14(10)17)6-4-7-13(11)16/h8-9H,3-7H2,1-2H3,(H,15,17). The van der Waals surface area contributed by atoms with Crippen LogP contribution in [-0.4, -0.2) is 10.8 Å². The zero-order chi connectivity index (χ0) is 12.4. The van der Waals surface area contributed by atoms with E-state index in [2.05, 4.69) is 11.9 Å². The summed E-state index contributed by atoms with van der Waals surface area (Å²) in [5.41, 5.74) is 2.33. The number of aromatic amines is 1. The number of ketones is 1. The number of carbonyl (C=O) groups excluding carboxylic acids is 1. The first kappa shape index (κ1) is 12.1. The lowest BCUT2D eigenvalue weighted by molar-refractivity contribution is 0.0971. The quantitative estimate of drug-likeness (QED) is 0.872. The van der Waals surface area contributed by atoms with E-state index in [0.717, 1.165) is 42.5 Å². The molecule has 1 aliphatic rings. The summed E-state index contributed by atoms with van der Waals surface area (Å²) < 4.78 is 0. The number of aromatic nitrogens is 1. The lowest BCUT2D eigenvalue weighted by atomic mass is 9.90. The number of carbonyl (C=O) groups is 1. The molecule has 17 heavy (non-hydrogen) atoms. The average molecular weight is 233 g/mol. The van der Waals surface area contributed by atoms with E-state index in [0.29, 0.717) is 6.42 Å². The Labute approximate surface area is 101 Å². The Balaban J connectivity index is 2.45. The fourth-order valence-corrected chi connectivity index (χ4v) is 2.55. The van der Waals surface area contributed by atoms with Crippen molar-refractivity contribution >= 4 is 5.78 Å². The Kier molecular flexibility index (Phi) is 3.46. The summed E-state index contributed by atoms with van der Waals surface area (Å²) in [5, 5.41) is 0. The normalized spacial score (nSPS) is 16.7. The summed E-state index contributed by atoms with van der Waals surface area (Å²) in [6.07, 6.45) is 4.31. The van der Waals surface area contributed by atoms with Crippen LogP contribution < -0.4 is 5.56 Å². The predicted octanol–water partition coefficient (Wildman–Crippen LogP) is 2.80. The van der Waals surface area contributed by atoms with Crippen molar-refractivity contribution < 1.29 is 4.79 Å². The van der Waals surface area contributed by atoms with Gasteiger partial charge in [-0.3, -0.25) is 9.59 Å². The van der Waals surface area contributed by atoms with Crippen LogP contribution in [0.15, 0.2) is 10.9 Å². The summed E-state index contributed by atoms with van der Waals surface area (Å²) >= 11 is 0. The van der Waals surface area contributed by atoms with Crippen molar-refractivity contribution in [3.05, 3.63) is 33.2 Å². The van der Waals surface area contributed by atoms with Gasteiger partial charge in [-0.25, -0.2) is 0 Å². The van der Waals surface area contributed by atoms with Gasteiger partial charge in [-0.05, 0) is 31.2 Å². The Morgan fingerprint density at radius 1 is 1.35 bits per heavy atom. The van der Waals surface area contributed by atoms with Crippen LogP contribution in [0.2, 0.25) is 0 Å². The van der Waals surface area contributed by atoms with Crippen LogP contribution in [0.25, 0.3) is 0 Å². The molecule has 2 rings (SSSR count). The number of rotatable bonds is 3. The van der Waals surface area contributed by atoms with Gasteiger partial charge in [-0.2, -0.15) is 0 Å². The summed E-state index contributed by atoms with van der Waals surface area (Å²) in [7, 11) is 0. The van der Waals surface area contributed by atoms with Gasteiger partial charge in [0.05, 0.1) is 0 Å². The van der Waals surface area contributed by atoms with Gasteiger partial charge in [0.2, 0.25) is 0 Å². The zero-order valence-electron chi connectivity index (χ0n) is 10.5. The molecule has 0 amide bonds. The van der Waals surface area contributed by atoms with Gasteiger partial charge in [0.25, 0.3) is 5.56 Å². The maximum atomic E-state index is 11.9. The van der Waals surface area contributed by atoms with E-state index in [9.17, 15) is 9.59 Å². The van der Waals surface area contributed by atoms with Gasteiger partial charge in [0.1, 0.15) is 0 Å². The van der Waals surface area contributed by atoms with Crippen LogP contribution >= 0.6 is 0 Å². The highest BCUT2D eigenvalue weighted by Gasteiger charge is 2.21. The van der Waals surface area contributed by atoms with Gasteiger partial charge in [-0.15, -0.1) is 0 Å². The van der Waals surface area contributed by atoms with Crippen molar-refractivity contribution in [2.45, 2.75) is 51.9 Å². The van der Waals surface area contributed by atoms with Crippen molar-refractivity contribution in [2.75, 3.05) is 0 Å². The summed E-state index contributed by atoms with van der Waals surface area (Å²) in [4.78, 5) is 26.6. The zero-order valence-corrected chi connectivity index (χ0v) is 10.5. The molecule has 0 spiro atoms. The maximum absolute atomic E-state index is 11.9. The average Bonchev–Trinajstić information content (AvgIpc) is 2.29. The van der Waals surface area contributed by atoms with Crippen molar-refractivity contribution in [3.8, 4) is 0 Å². The molecule has 0 radical (unpaired) electrons. The first-order chi connectivity index (χ1) is 8.13. The fourth-order valence-electron chi connectivity index (χ4n) is 2.55. The first-order valence-electron chi connectivity index (χ1n) is 6.42. The van der Waals surface area contributed by atoms with Crippen molar-refractivity contribution in [1.29, 1.82) is 0 Å². The number of hydrogen-bond acceptors (Lipinski definition) is 2. The number of nitrogens with one attached hydrogen (secondary N) is 1. The predicted molar refractivity (Wildman–Crippen MR) is 67.7 cm³/mol. The van der Waals surface area contributed by atoms with Crippen LogP contribution in [-0.2, 0) is 6.42 Å². The maximum Gasteiger partial charge on any atom is 0.251 e. The number of pyridine rings is 1. The minimum Gasteiger partial charge on any atom is -0.325 e. The molecule has 3 heteroatoms.